The number of esters is 1. The summed E-state index contributed by atoms with van der Waals surface area (Å²) < 4.78 is 19.0. The van der Waals surface area contributed by atoms with Gasteiger partial charge in [-0.05, 0) is 49.9 Å². The van der Waals surface area contributed by atoms with E-state index in [0.29, 0.717) is 31.6 Å². The molecule has 104 valence electrons. The first kappa shape index (κ1) is 14.0. The Balaban J connectivity index is 2.42. The zero-order chi connectivity index (χ0) is 13.9. The van der Waals surface area contributed by atoms with Gasteiger partial charge in [0, 0.05) is 0 Å². The molecule has 0 spiro atoms. The van der Waals surface area contributed by atoms with Gasteiger partial charge in [-0.15, -0.1) is 0 Å². The second-order valence-corrected chi connectivity index (χ2v) is 4.82. The number of carbonyl (C=O) groups is 1. The Morgan fingerprint density at radius 2 is 2.26 bits per heavy atom. The van der Waals surface area contributed by atoms with Crippen molar-refractivity contribution in [3.8, 4) is 0 Å². The summed E-state index contributed by atoms with van der Waals surface area (Å²) in [7, 11) is 0. The molecule has 1 aromatic carbocycles. The van der Waals surface area contributed by atoms with Crippen molar-refractivity contribution in [1.29, 1.82) is 0 Å². The second kappa shape index (κ2) is 5.70. The molecule has 0 radical (unpaired) electrons. The Hall–Kier alpha value is -1.42. The van der Waals surface area contributed by atoms with Crippen LogP contribution in [-0.2, 0) is 21.5 Å². The molecule has 0 fully saturated rings. The predicted molar refractivity (Wildman–Crippen MR) is 71.3 cm³/mol. The molecular formula is C15H20FNO2. The van der Waals surface area contributed by atoms with Gasteiger partial charge in [-0.3, -0.25) is 5.32 Å². The van der Waals surface area contributed by atoms with Crippen LogP contribution in [-0.4, -0.2) is 19.1 Å². The Morgan fingerprint density at radius 1 is 1.47 bits per heavy atom. The molecule has 0 bridgehead atoms. The van der Waals surface area contributed by atoms with Crippen molar-refractivity contribution in [3.63, 3.8) is 0 Å². The predicted octanol–water partition coefficient (Wildman–Crippen LogP) is 2.53. The average molecular weight is 265 g/mol. The third-order valence-corrected chi connectivity index (χ3v) is 3.63. The summed E-state index contributed by atoms with van der Waals surface area (Å²) in [6, 6.07) is 4.92. The fourth-order valence-electron chi connectivity index (χ4n) is 2.72. The van der Waals surface area contributed by atoms with Crippen molar-refractivity contribution in [3.05, 3.63) is 35.1 Å². The molecule has 0 amide bonds. The van der Waals surface area contributed by atoms with Crippen LogP contribution in [0.1, 0.15) is 37.8 Å². The summed E-state index contributed by atoms with van der Waals surface area (Å²) in [6.45, 7) is 4.86. The van der Waals surface area contributed by atoms with E-state index < -0.39 is 5.54 Å². The molecule has 1 aromatic rings. The zero-order valence-corrected chi connectivity index (χ0v) is 11.5. The molecule has 3 nitrogen and oxygen atoms in total. The van der Waals surface area contributed by atoms with Crippen LogP contribution in [0.2, 0.25) is 0 Å². The molecule has 1 unspecified atom stereocenters. The first-order valence-corrected chi connectivity index (χ1v) is 6.85. The molecular weight excluding hydrogens is 245 g/mol. The van der Waals surface area contributed by atoms with Crippen LogP contribution in [0.15, 0.2) is 18.2 Å². The standard InChI is InChI=1S/C15H20FNO2/c1-3-10-17-15(14(18)19-4-2)9-8-11-12(15)6-5-7-13(11)16/h5-7,17H,3-4,8-10H2,1-2H3. The number of ether oxygens (including phenoxy) is 1. The largest absolute Gasteiger partial charge is 0.464 e. The third-order valence-electron chi connectivity index (χ3n) is 3.63. The lowest BCUT2D eigenvalue weighted by Gasteiger charge is -2.29. The molecule has 1 aliphatic rings. The van der Waals surface area contributed by atoms with Gasteiger partial charge >= 0.3 is 5.97 Å². The van der Waals surface area contributed by atoms with E-state index in [-0.39, 0.29) is 11.8 Å². The summed E-state index contributed by atoms with van der Waals surface area (Å²) >= 11 is 0. The van der Waals surface area contributed by atoms with E-state index in [0.717, 1.165) is 12.0 Å². The summed E-state index contributed by atoms with van der Waals surface area (Å²) in [4.78, 5) is 12.3. The molecule has 1 atom stereocenters. The number of hydrogen-bond acceptors (Lipinski definition) is 3. The minimum atomic E-state index is -0.872. The second-order valence-electron chi connectivity index (χ2n) is 4.82. The fourth-order valence-corrected chi connectivity index (χ4v) is 2.72. The summed E-state index contributed by atoms with van der Waals surface area (Å²) in [5.41, 5.74) is 0.502. The normalized spacial score (nSPS) is 21.2. The SMILES string of the molecule is CCCNC1(C(=O)OCC)CCc2c(F)cccc21. The molecule has 0 heterocycles. The minimum Gasteiger partial charge on any atom is -0.464 e. The van der Waals surface area contributed by atoms with Gasteiger partial charge in [0.2, 0.25) is 0 Å². The van der Waals surface area contributed by atoms with Gasteiger partial charge in [-0.25, -0.2) is 9.18 Å². The van der Waals surface area contributed by atoms with Gasteiger partial charge in [0.1, 0.15) is 11.4 Å². The number of halogens is 1. The van der Waals surface area contributed by atoms with Crippen molar-refractivity contribution < 1.29 is 13.9 Å². The van der Waals surface area contributed by atoms with Gasteiger partial charge in [-0.2, -0.15) is 0 Å². The van der Waals surface area contributed by atoms with E-state index in [1.807, 2.05) is 13.0 Å². The molecule has 0 saturated carbocycles. The fraction of sp³-hybridized carbons (Fsp3) is 0.533. The highest BCUT2D eigenvalue weighted by atomic mass is 19.1. The Bertz CT molecular complexity index is 475. The number of fused-ring (bicyclic) bond motifs is 1. The van der Waals surface area contributed by atoms with Gasteiger partial charge in [0.05, 0.1) is 6.61 Å². The van der Waals surface area contributed by atoms with Gasteiger partial charge < -0.3 is 4.74 Å². The number of hydrogen-bond donors (Lipinski definition) is 1. The first-order chi connectivity index (χ1) is 9.15. The molecule has 0 aliphatic heterocycles. The van der Waals surface area contributed by atoms with E-state index >= 15 is 0 Å². The lowest BCUT2D eigenvalue weighted by atomic mass is 9.91. The van der Waals surface area contributed by atoms with Crippen LogP contribution < -0.4 is 5.32 Å². The van der Waals surface area contributed by atoms with Crippen molar-refractivity contribution in [2.24, 2.45) is 0 Å². The quantitative estimate of drug-likeness (QED) is 0.831. The molecule has 1 N–H and O–H groups in total. The van der Waals surface area contributed by atoms with Crippen LogP contribution in [0, 0.1) is 5.82 Å². The van der Waals surface area contributed by atoms with Crippen LogP contribution >= 0.6 is 0 Å². The van der Waals surface area contributed by atoms with Gasteiger partial charge in [0.15, 0.2) is 0 Å². The molecule has 1 aliphatic carbocycles. The minimum absolute atomic E-state index is 0.234. The lowest BCUT2D eigenvalue weighted by molar-refractivity contribution is -0.151. The maximum Gasteiger partial charge on any atom is 0.331 e. The highest BCUT2D eigenvalue weighted by Gasteiger charge is 2.46. The van der Waals surface area contributed by atoms with Crippen LogP contribution in [0.25, 0.3) is 0 Å². The van der Waals surface area contributed by atoms with Crippen molar-refractivity contribution in [2.75, 3.05) is 13.2 Å². The van der Waals surface area contributed by atoms with Crippen LogP contribution in [0.4, 0.5) is 4.39 Å². The van der Waals surface area contributed by atoms with Crippen LogP contribution in [0.3, 0.4) is 0 Å². The van der Waals surface area contributed by atoms with Crippen molar-refractivity contribution in [1.82, 2.24) is 5.32 Å². The molecule has 19 heavy (non-hydrogen) atoms. The smallest absolute Gasteiger partial charge is 0.331 e. The molecule has 0 saturated heterocycles. The number of rotatable bonds is 5. The van der Waals surface area contributed by atoms with E-state index in [9.17, 15) is 9.18 Å². The lowest BCUT2D eigenvalue weighted by Crippen LogP contribution is -2.49. The summed E-state index contributed by atoms with van der Waals surface area (Å²) in [5.74, 6) is -0.533. The maximum absolute atomic E-state index is 13.8. The Morgan fingerprint density at radius 3 is 2.95 bits per heavy atom. The average Bonchev–Trinajstić information content (AvgIpc) is 2.78. The molecule has 0 aromatic heterocycles. The summed E-state index contributed by atoms with van der Waals surface area (Å²) in [5, 5.41) is 3.27. The topological polar surface area (TPSA) is 38.3 Å². The highest BCUT2D eigenvalue weighted by Crippen LogP contribution is 2.39. The number of benzene rings is 1. The first-order valence-electron chi connectivity index (χ1n) is 6.85. The van der Waals surface area contributed by atoms with Gasteiger partial charge in [-0.1, -0.05) is 19.1 Å². The Kier molecular flexibility index (Phi) is 4.20. The number of carbonyl (C=O) groups excluding carboxylic acids is 1. The Labute approximate surface area is 113 Å². The monoisotopic (exact) mass is 265 g/mol. The van der Waals surface area contributed by atoms with Gasteiger partial charge in [0.25, 0.3) is 0 Å². The summed E-state index contributed by atoms with van der Waals surface area (Å²) in [6.07, 6.45) is 2.03. The zero-order valence-electron chi connectivity index (χ0n) is 11.5. The third kappa shape index (κ3) is 2.37. The van der Waals surface area contributed by atoms with E-state index in [1.165, 1.54) is 6.07 Å². The van der Waals surface area contributed by atoms with Crippen molar-refractivity contribution >= 4 is 5.97 Å². The van der Waals surface area contributed by atoms with E-state index in [1.54, 1.807) is 13.0 Å². The molecule has 4 heteroatoms. The maximum atomic E-state index is 13.8. The number of nitrogens with one attached hydrogen (secondary N) is 1. The highest BCUT2D eigenvalue weighted by molar-refractivity contribution is 5.84. The van der Waals surface area contributed by atoms with Crippen molar-refractivity contribution in [2.45, 2.75) is 38.6 Å². The molecule has 2 rings (SSSR count). The van der Waals surface area contributed by atoms with Crippen LogP contribution in [0.5, 0.6) is 0 Å². The van der Waals surface area contributed by atoms with E-state index in [2.05, 4.69) is 5.32 Å². The van der Waals surface area contributed by atoms with E-state index in [4.69, 9.17) is 4.74 Å².